The number of aromatic nitrogens is 1. The van der Waals surface area contributed by atoms with Crippen LogP contribution in [0.1, 0.15) is 16.8 Å². The Bertz CT molecular complexity index is 617. The van der Waals surface area contributed by atoms with Crippen LogP contribution in [0, 0.1) is 20.8 Å². The smallest absolute Gasteiger partial charge is 0.244 e. The third kappa shape index (κ3) is 2.99. The fourth-order valence-corrected chi connectivity index (χ4v) is 2.18. The van der Waals surface area contributed by atoms with Crippen LogP contribution in [0.15, 0.2) is 30.5 Å². The number of benzene rings is 1. The van der Waals surface area contributed by atoms with Crippen molar-refractivity contribution < 1.29 is 4.79 Å². The number of anilines is 1. The van der Waals surface area contributed by atoms with Gasteiger partial charge in [0.25, 0.3) is 0 Å². The topological polar surface area (TPSA) is 34.0 Å². The fourth-order valence-electron chi connectivity index (χ4n) is 2.00. The van der Waals surface area contributed by atoms with Crippen molar-refractivity contribution in [1.82, 2.24) is 4.57 Å². The molecule has 2 rings (SSSR count). The summed E-state index contributed by atoms with van der Waals surface area (Å²) in [6, 6.07) is 7.23. The Morgan fingerprint density at radius 1 is 1.26 bits per heavy atom. The number of hydrogen-bond donors (Lipinski definition) is 1. The maximum atomic E-state index is 12.0. The van der Waals surface area contributed by atoms with Gasteiger partial charge in [-0.3, -0.25) is 4.79 Å². The second kappa shape index (κ2) is 5.49. The van der Waals surface area contributed by atoms with Gasteiger partial charge >= 0.3 is 0 Å². The van der Waals surface area contributed by atoms with Crippen LogP contribution in [0.5, 0.6) is 0 Å². The van der Waals surface area contributed by atoms with Gasteiger partial charge in [-0.05, 0) is 44.0 Å². The predicted molar refractivity (Wildman–Crippen MR) is 78.7 cm³/mol. The molecule has 0 unspecified atom stereocenters. The number of nitrogens with one attached hydrogen (secondary N) is 1. The van der Waals surface area contributed by atoms with Crippen LogP contribution in [-0.4, -0.2) is 10.5 Å². The second-order valence-corrected chi connectivity index (χ2v) is 5.09. The first-order valence-electron chi connectivity index (χ1n) is 6.16. The Labute approximate surface area is 118 Å². The van der Waals surface area contributed by atoms with E-state index in [9.17, 15) is 4.79 Å². The van der Waals surface area contributed by atoms with Crippen LogP contribution in [0.2, 0.25) is 5.02 Å². The van der Waals surface area contributed by atoms with Crippen LogP contribution >= 0.6 is 11.6 Å². The van der Waals surface area contributed by atoms with Crippen LogP contribution in [0.3, 0.4) is 0 Å². The molecule has 1 aromatic heterocycles. The van der Waals surface area contributed by atoms with Crippen molar-refractivity contribution >= 4 is 23.2 Å². The van der Waals surface area contributed by atoms with Crippen molar-refractivity contribution in [2.75, 3.05) is 5.32 Å². The van der Waals surface area contributed by atoms with E-state index in [2.05, 4.69) is 12.2 Å². The van der Waals surface area contributed by atoms with Crippen LogP contribution in [0.25, 0.3) is 0 Å². The van der Waals surface area contributed by atoms with Gasteiger partial charge in [0.15, 0.2) is 0 Å². The van der Waals surface area contributed by atoms with Gasteiger partial charge < -0.3 is 9.88 Å². The summed E-state index contributed by atoms with van der Waals surface area (Å²) in [7, 11) is 0. The largest absolute Gasteiger partial charge is 0.342 e. The molecule has 19 heavy (non-hydrogen) atoms. The molecule has 1 N–H and O–H groups in total. The Morgan fingerprint density at radius 2 is 1.95 bits per heavy atom. The quantitative estimate of drug-likeness (QED) is 0.911. The van der Waals surface area contributed by atoms with Gasteiger partial charge in [0.05, 0.1) is 10.7 Å². The maximum absolute atomic E-state index is 12.0. The SMILES string of the molecule is Cc1cn(CC(=O)Nc2ccccc2Cl)c(C)c1C. The highest BCUT2D eigenvalue weighted by Gasteiger charge is 2.10. The molecule has 0 saturated carbocycles. The molecule has 0 aliphatic rings. The highest BCUT2D eigenvalue weighted by atomic mass is 35.5. The third-order valence-electron chi connectivity index (χ3n) is 3.38. The van der Waals surface area contributed by atoms with Crippen molar-refractivity contribution in [3.05, 3.63) is 52.3 Å². The maximum Gasteiger partial charge on any atom is 0.244 e. The van der Waals surface area contributed by atoms with E-state index in [1.807, 2.05) is 36.7 Å². The molecule has 0 aliphatic carbocycles. The average molecular weight is 277 g/mol. The normalized spacial score (nSPS) is 10.5. The predicted octanol–water partition coefficient (Wildman–Crippen LogP) is 3.71. The molecule has 2 aromatic rings. The van der Waals surface area contributed by atoms with Crippen molar-refractivity contribution in [1.29, 1.82) is 0 Å². The van der Waals surface area contributed by atoms with E-state index in [0.717, 1.165) is 5.69 Å². The van der Waals surface area contributed by atoms with E-state index in [4.69, 9.17) is 11.6 Å². The molecule has 0 aliphatic heterocycles. The van der Waals surface area contributed by atoms with E-state index in [1.165, 1.54) is 11.1 Å². The molecule has 0 atom stereocenters. The Morgan fingerprint density at radius 3 is 2.53 bits per heavy atom. The minimum atomic E-state index is -0.0776. The average Bonchev–Trinajstić information content (AvgIpc) is 2.60. The van der Waals surface area contributed by atoms with Gasteiger partial charge in [0.2, 0.25) is 5.91 Å². The molecule has 1 aromatic carbocycles. The highest BCUT2D eigenvalue weighted by molar-refractivity contribution is 6.33. The molecule has 0 radical (unpaired) electrons. The molecule has 100 valence electrons. The summed E-state index contributed by atoms with van der Waals surface area (Å²) in [4.78, 5) is 12.0. The number of hydrogen-bond acceptors (Lipinski definition) is 1. The van der Waals surface area contributed by atoms with E-state index in [-0.39, 0.29) is 5.91 Å². The highest BCUT2D eigenvalue weighted by Crippen LogP contribution is 2.20. The number of rotatable bonds is 3. The Hall–Kier alpha value is -1.74. The zero-order valence-electron chi connectivity index (χ0n) is 11.3. The zero-order valence-corrected chi connectivity index (χ0v) is 12.1. The summed E-state index contributed by atoms with van der Waals surface area (Å²) in [6.45, 7) is 6.43. The third-order valence-corrected chi connectivity index (χ3v) is 3.71. The number of nitrogens with zero attached hydrogens (tertiary/aromatic N) is 1. The first-order chi connectivity index (χ1) is 8.99. The lowest BCUT2D eigenvalue weighted by Gasteiger charge is -2.09. The molecule has 3 nitrogen and oxygen atoms in total. The number of para-hydroxylation sites is 1. The van der Waals surface area contributed by atoms with Crippen molar-refractivity contribution in [3.8, 4) is 0 Å². The van der Waals surface area contributed by atoms with Gasteiger partial charge in [0.1, 0.15) is 6.54 Å². The van der Waals surface area contributed by atoms with Gasteiger partial charge in [0, 0.05) is 11.9 Å². The van der Waals surface area contributed by atoms with Crippen molar-refractivity contribution in [2.45, 2.75) is 27.3 Å². The van der Waals surface area contributed by atoms with Gasteiger partial charge in [-0.1, -0.05) is 23.7 Å². The minimum Gasteiger partial charge on any atom is -0.342 e. The molecule has 1 amide bonds. The number of carbonyl (C=O) groups is 1. The van der Waals surface area contributed by atoms with Crippen LogP contribution in [0.4, 0.5) is 5.69 Å². The van der Waals surface area contributed by atoms with Gasteiger partial charge in [-0.2, -0.15) is 0 Å². The summed E-state index contributed by atoms with van der Waals surface area (Å²) in [5, 5.41) is 3.37. The molecule has 4 heteroatoms. The first kappa shape index (κ1) is 13.7. The molecule has 0 saturated heterocycles. The second-order valence-electron chi connectivity index (χ2n) is 4.68. The van der Waals surface area contributed by atoms with Crippen molar-refractivity contribution in [2.24, 2.45) is 0 Å². The lowest BCUT2D eigenvalue weighted by atomic mass is 10.2. The number of aryl methyl sites for hydroxylation is 1. The van der Waals surface area contributed by atoms with E-state index in [0.29, 0.717) is 17.3 Å². The van der Waals surface area contributed by atoms with Crippen molar-refractivity contribution in [3.63, 3.8) is 0 Å². The zero-order chi connectivity index (χ0) is 14.0. The number of carbonyl (C=O) groups excluding carboxylic acids is 1. The summed E-state index contributed by atoms with van der Waals surface area (Å²) >= 11 is 6.01. The minimum absolute atomic E-state index is 0.0776. The molecular formula is C15H17ClN2O. The van der Waals surface area contributed by atoms with Crippen LogP contribution < -0.4 is 5.32 Å². The standard InChI is InChI=1S/C15H17ClN2O/c1-10-8-18(12(3)11(10)2)9-15(19)17-14-7-5-4-6-13(14)16/h4-8H,9H2,1-3H3,(H,17,19). The van der Waals surface area contributed by atoms with E-state index < -0.39 is 0 Å². The number of amides is 1. The first-order valence-corrected chi connectivity index (χ1v) is 6.54. The van der Waals surface area contributed by atoms with Gasteiger partial charge in [-0.15, -0.1) is 0 Å². The summed E-state index contributed by atoms with van der Waals surface area (Å²) in [6.07, 6.45) is 2.00. The molecule has 1 heterocycles. The fraction of sp³-hybridized carbons (Fsp3) is 0.267. The Balaban J connectivity index is 2.10. The summed E-state index contributed by atoms with van der Waals surface area (Å²) in [5.41, 5.74) is 4.19. The van der Waals surface area contributed by atoms with Gasteiger partial charge in [-0.25, -0.2) is 0 Å². The van der Waals surface area contributed by atoms with E-state index in [1.54, 1.807) is 12.1 Å². The van der Waals surface area contributed by atoms with E-state index >= 15 is 0 Å². The molecule has 0 fully saturated rings. The molecule has 0 bridgehead atoms. The molecular weight excluding hydrogens is 260 g/mol. The number of halogens is 1. The Kier molecular flexibility index (Phi) is 3.96. The lowest BCUT2D eigenvalue weighted by Crippen LogP contribution is -2.19. The lowest BCUT2D eigenvalue weighted by molar-refractivity contribution is -0.116. The monoisotopic (exact) mass is 276 g/mol. The van der Waals surface area contributed by atoms with Crippen LogP contribution in [-0.2, 0) is 11.3 Å². The summed E-state index contributed by atoms with van der Waals surface area (Å²) < 4.78 is 1.96. The summed E-state index contributed by atoms with van der Waals surface area (Å²) in [5.74, 6) is -0.0776. The molecule has 0 spiro atoms.